The highest BCUT2D eigenvalue weighted by atomic mass is 35.5. The van der Waals surface area contributed by atoms with Gasteiger partial charge in [0.15, 0.2) is 0 Å². The van der Waals surface area contributed by atoms with Crippen LogP contribution >= 0.6 is 11.6 Å². The Labute approximate surface area is 124 Å². The first-order chi connectivity index (χ1) is 9.63. The first-order valence-corrected chi connectivity index (χ1v) is 7.39. The largest absolute Gasteiger partial charge is 0.335 e. The molecule has 0 aliphatic rings. The number of aromatic nitrogens is 1. The van der Waals surface area contributed by atoms with E-state index in [-0.39, 0.29) is 11.9 Å². The van der Waals surface area contributed by atoms with Crippen molar-refractivity contribution in [1.82, 2.24) is 9.88 Å². The van der Waals surface area contributed by atoms with E-state index in [1.165, 1.54) is 0 Å². The summed E-state index contributed by atoms with van der Waals surface area (Å²) in [5.74, 6) is 0.526. The number of amides is 1. The van der Waals surface area contributed by atoms with E-state index in [2.05, 4.69) is 4.98 Å². The second-order valence-corrected chi connectivity index (χ2v) is 5.40. The molecule has 3 nitrogen and oxygen atoms in total. The highest BCUT2D eigenvalue weighted by Gasteiger charge is 2.19. The fourth-order valence-corrected chi connectivity index (χ4v) is 2.28. The normalized spacial score (nSPS) is 11.0. The molecule has 0 saturated carbocycles. The van der Waals surface area contributed by atoms with Crippen LogP contribution < -0.4 is 0 Å². The molecule has 0 radical (unpaired) electrons. The minimum atomic E-state index is -0.0316. The van der Waals surface area contributed by atoms with E-state index in [1.54, 1.807) is 6.07 Å². The van der Waals surface area contributed by atoms with Crippen molar-refractivity contribution in [2.75, 3.05) is 12.4 Å². The highest BCUT2D eigenvalue weighted by Crippen LogP contribution is 2.14. The summed E-state index contributed by atoms with van der Waals surface area (Å²) in [7, 11) is 0. The van der Waals surface area contributed by atoms with Gasteiger partial charge in [-0.3, -0.25) is 4.79 Å². The van der Waals surface area contributed by atoms with Crippen molar-refractivity contribution in [3.63, 3.8) is 0 Å². The molecule has 0 aliphatic carbocycles. The molecule has 20 heavy (non-hydrogen) atoms. The molecule has 1 amide bonds. The van der Waals surface area contributed by atoms with Crippen LogP contribution in [-0.4, -0.2) is 34.3 Å². The minimum absolute atomic E-state index is 0.0316. The monoisotopic (exact) mass is 290 g/mol. The van der Waals surface area contributed by atoms with Crippen LogP contribution in [0.15, 0.2) is 36.4 Å². The second kappa shape index (κ2) is 6.71. The molecule has 0 saturated heterocycles. The van der Waals surface area contributed by atoms with Crippen LogP contribution in [0.1, 0.15) is 30.8 Å². The Kier molecular flexibility index (Phi) is 4.96. The third-order valence-corrected chi connectivity index (χ3v) is 3.50. The van der Waals surface area contributed by atoms with Gasteiger partial charge in [0.2, 0.25) is 0 Å². The van der Waals surface area contributed by atoms with E-state index in [1.807, 2.05) is 49.1 Å². The van der Waals surface area contributed by atoms with E-state index in [0.29, 0.717) is 18.1 Å². The summed E-state index contributed by atoms with van der Waals surface area (Å²) in [6.07, 6.45) is 0.791. The van der Waals surface area contributed by atoms with Crippen LogP contribution in [0, 0.1) is 0 Å². The molecule has 0 N–H and O–H groups in total. The zero-order valence-electron chi connectivity index (χ0n) is 11.8. The fraction of sp³-hybridized carbons (Fsp3) is 0.375. The molecule has 0 spiro atoms. The van der Waals surface area contributed by atoms with Gasteiger partial charge in [0.1, 0.15) is 5.69 Å². The van der Waals surface area contributed by atoms with Gasteiger partial charge in [-0.25, -0.2) is 4.98 Å². The number of nitrogens with zero attached hydrogens (tertiary/aromatic N) is 2. The standard InChI is InChI=1S/C16H19ClN2O/c1-12(2)19(11-5-10-17)16(20)15-9-8-13-6-3-4-7-14(13)18-15/h3-4,6-9,12H,5,10-11H2,1-2H3. The Morgan fingerprint density at radius 3 is 2.70 bits per heavy atom. The van der Waals surface area contributed by atoms with Crippen LogP contribution in [0.2, 0.25) is 0 Å². The summed E-state index contributed by atoms with van der Waals surface area (Å²) in [4.78, 5) is 18.8. The average Bonchev–Trinajstić information content (AvgIpc) is 2.46. The second-order valence-electron chi connectivity index (χ2n) is 5.02. The Morgan fingerprint density at radius 2 is 2.00 bits per heavy atom. The molecule has 0 unspecified atom stereocenters. The lowest BCUT2D eigenvalue weighted by molar-refractivity contribution is 0.0701. The molecule has 1 aromatic heterocycles. The smallest absolute Gasteiger partial charge is 0.272 e. The third-order valence-electron chi connectivity index (χ3n) is 3.23. The van der Waals surface area contributed by atoms with Crippen molar-refractivity contribution in [2.45, 2.75) is 26.3 Å². The van der Waals surface area contributed by atoms with Crippen molar-refractivity contribution in [1.29, 1.82) is 0 Å². The Bertz CT molecular complexity index is 598. The summed E-state index contributed by atoms with van der Waals surface area (Å²) in [5.41, 5.74) is 1.34. The van der Waals surface area contributed by atoms with Gasteiger partial charge in [0, 0.05) is 23.9 Å². The van der Waals surface area contributed by atoms with Gasteiger partial charge in [-0.2, -0.15) is 0 Å². The van der Waals surface area contributed by atoms with Crippen LogP contribution in [0.5, 0.6) is 0 Å². The highest BCUT2D eigenvalue weighted by molar-refractivity contribution is 6.17. The van der Waals surface area contributed by atoms with Crippen LogP contribution in [0.25, 0.3) is 10.9 Å². The summed E-state index contributed by atoms with van der Waals surface area (Å²) < 4.78 is 0. The van der Waals surface area contributed by atoms with Crippen molar-refractivity contribution in [3.8, 4) is 0 Å². The lowest BCUT2D eigenvalue weighted by atomic mass is 10.2. The van der Waals surface area contributed by atoms with Crippen molar-refractivity contribution < 1.29 is 4.79 Å². The number of pyridine rings is 1. The first kappa shape index (κ1) is 14.8. The zero-order valence-corrected chi connectivity index (χ0v) is 12.6. The van der Waals surface area contributed by atoms with E-state index in [4.69, 9.17) is 11.6 Å². The number of alkyl halides is 1. The molecule has 2 rings (SSSR count). The summed E-state index contributed by atoms with van der Waals surface area (Å²) in [5, 5.41) is 1.04. The molecule has 106 valence electrons. The summed E-state index contributed by atoms with van der Waals surface area (Å²) in [6.45, 7) is 4.68. The summed E-state index contributed by atoms with van der Waals surface area (Å²) >= 11 is 5.73. The average molecular weight is 291 g/mol. The molecule has 0 bridgehead atoms. The Balaban J connectivity index is 2.28. The quantitative estimate of drug-likeness (QED) is 0.787. The predicted molar refractivity (Wildman–Crippen MR) is 83.3 cm³/mol. The third kappa shape index (κ3) is 3.28. The molecular formula is C16H19ClN2O. The number of hydrogen-bond donors (Lipinski definition) is 0. The topological polar surface area (TPSA) is 33.2 Å². The van der Waals surface area contributed by atoms with Crippen molar-refractivity contribution >= 4 is 28.4 Å². The lowest BCUT2D eigenvalue weighted by Crippen LogP contribution is -2.38. The van der Waals surface area contributed by atoms with Crippen molar-refractivity contribution in [2.24, 2.45) is 0 Å². The van der Waals surface area contributed by atoms with Gasteiger partial charge >= 0.3 is 0 Å². The Hall–Kier alpha value is -1.61. The molecule has 2 aromatic rings. The lowest BCUT2D eigenvalue weighted by Gasteiger charge is -2.26. The van der Waals surface area contributed by atoms with Crippen LogP contribution in [-0.2, 0) is 0 Å². The van der Waals surface area contributed by atoms with Crippen LogP contribution in [0.4, 0.5) is 0 Å². The molecule has 4 heteroatoms. The van der Waals surface area contributed by atoms with Gasteiger partial charge in [-0.1, -0.05) is 24.3 Å². The molecule has 1 aromatic carbocycles. The molecule has 0 aliphatic heterocycles. The summed E-state index contributed by atoms with van der Waals surface area (Å²) in [6, 6.07) is 11.7. The molecule has 0 atom stereocenters. The first-order valence-electron chi connectivity index (χ1n) is 6.86. The number of halogens is 1. The van der Waals surface area contributed by atoms with Gasteiger partial charge in [0.05, 0.1) is 5.52 Å². The zero-order chi connectivity index (χ0) is 14.5. The fourth-order valence-electron chi connectivity index (χ4n) is 2.16. The SMILES string of the molecule is CC(C)N(CCCCl)C(=O)c1ccc2ccccc2n1. The number of carbonyl (C=O) groups is 1. The number of rotatable bonds is 5. The maximum Gasteiger partial charge on any atom is 0.272 e. The van der Waals surface area contributed by atoms with Gasteiger partial charge in [-0.05, 0) is 32.4 Å². The van der Waals surface area contributed by atoms with Gasteiger partial charge in [-0.15, -0.1) is 11.6 Å². The molecule has 0 fully saturated rings. The number of para-hydroxylation sites is 1. The van der Waals surface area contributed by atoms with E-state index in [0.717, 1.165) is 17.3 Å². The number of benzene rings is 1. The maximum absolute atomic E-state index is 12.6. The predicted octanol–water partition coefficient (Wildman–Crippen LogP) is 3.71. The van der Waals surface area contributed by atoms with Crippen LogP contribution in [0.3, 0.4) is 0 Å². The van der Waals surface area contributed by atoms with E-state index < -0.39 is 0 Å². The molecular weight excluding hydrogens is 272 g/mol. The molecule has 1 heterocycles. The van der Waals surface area contributed by atoms with Gasteiger partial charge in [0.25, 0.3) is 5.91 Å². The van der Waals surface area contributed by atoms with Gasteiger partial charge < -0.3 is 4.90 Å². The number of fused-ring (bicyclic) bond motifs is 1. The Morgan fingerprint density at radius 1 is 1.25 bits per heavy atom. The van der Waals surface area contributed by atoms with E-state index in [9.17, 15) is 4.79 Å². The minimum Gasteiger partial charge on any atom is -0.335 e. The van der Waals surface area contributed by atoms with E-state index >= 15 is 0 Å². The van der Waals surface area contributed by atoms with Crippen molar-refractivity contribution in [3.05, 3.63) is 42.1 Å². The number of hydrogen-bond acceptors (Lipinski definition) is 2. The maximum atomic E-state index is 12.6. The number of carbonyl (C=O) groups excluding carboxylic acids is 1.